The molecule has 0 aliphatic carbocycles. The molecule has 1 aliphatic rings. The van der Waals surface area contributed by atoms with Crippen LogP contribution in [0.15, 0.2) is 41.3 Å². The molecule has 8 heteroatoms. The molecule has 162 valence electrons. The monoisotopic (exact) mass is 468 g/mol. The van der Waals surface area contributed by atoms with Crippen molar-refractivity contribution in [3.63, 3.8) is 0 Å². The molecule has 1 heterocycles. The number of carbonyl (C=O) groups excluding carboxylic acids is 1. The van der Waals surface area contributed by atoms with Gasteiger partial charge in [-0.05, 0) is 67.6 Å². The number of carbonyl (C=O) groups is 1. The van der Waals surface area contributed by atoms with Crippen LogP contribution in [0.1, 0.15) is 29.5 Å². The molecule has 1 aliphatic heterocycles. The van der Waals surface area contributed by atoms with Crippen LogP contribution in [0.25, 0.3) is 0 Å². The number of rotatable bonds is 5. The topological polar surface area (TPSA) is 57.7 Å². The highest BCUT2D eigenvalue weighted by Gasteiger charge is 2.33. The molecule has 1 fully saturated rings. The lowest BCUT2D eigenvalue weighted by Gasteiger charge is -2.32. The third kappa shape index (κ3) is 4.99. The van der Waals surface area contributed by atoms with E-state index >= 15 is 0 Å². The van der Waals surface area contributed by atoms with Crippen LogP contribution in [0.2, 0.25) is 10.0 Å². The smallest absolute Gasteiger partial charge is 0.243 e. The van der Waals surface area contributed by atoms with E-state index < -0.39 is 10.0 Å². The second-order valence-corrected chi connectivity index (χ2v) is 10.6. The number of amides is 1. The second-order valence-electron chi connectivity index (χ2n) is 7.87. The summed E-state index contributed by atoms with van der Waals surface area (Å²) in [5, 5.41) is 0.937. The standard InChI is InChI=1S/C22H26Cl2N2O3S/c1-15-4-6-19(12-16(15)2)30(28,29)26-10-8-18(9-11-26)22(27)25(3)14-17-5-7-20(23)21(24)13-17/h4-7,12-13,18H,8-11,14H2,1-3H3. The third-order valence-electron chi connectivity index (χ3n) is 5.70. The Morgan fingerprint density at radius 2 is 1.70 bits per heavy atom. The number of nitrogens with zero attached hydrogens (tertiary/aromatic N) is 2. The van der Waals surface area contributed by atoms with Crippen LogP contribution in [-0.2, 0) is 21.4 Å². The molecule has 0 unspecified atom stereocenters. The molecular formula is C22H26Cl2N2O3S. The van der Waals surface area contributed by atoms with E-state index in [4.69, 9.17) is 23.2 Å². The molecule has 0 radical (unpaired) electrons. The number of benzene rings is 2. The first kappa shape index (κ1) is 23.1. The molecule has 1 amide bonds. The van der Waals surface area contributed by atoms with Gasteiger partial charge in [0.05, 0.1) is 14.9 Å². The Morgan fingerprint density at radius 1 is 1.03 bits per heavy atom. The van der Waals surface area contributed by atoms with Gasteiger partial charge in [-0.1, -0.05) is 35.3 Å². The van der Waals surface area contributed by atoms with Crippen molar-refractivity contribution in [1.29, 1.82) is 0 Å². The fraction of sp³-hybridized carbons (Fsp3) is 0.409. The van der Waals surface area contributed by atoms with Crippen molar-refractivity contribution in [2.45, 2.75) is 38.1 Å². The van der Waals surface area contributed by atoms with Crippen molar-refractivity contribution in [2.75, 3.05) is 20.1 Å². The minimum Gasteiger partial charge on any atom is -0.341 e. The van der Waals surface area contributed by atoms with Crippen LogP contribution < -0.4 is 0 Å². The first-order valence-electron chi connectivity index (χ1n) is 9.86. The average Bonchev–Trinajstić information content (AvgIpc) is 2.72. The van der Waals surface area contributed by atoms with Crippen LogP contribution in [0.5, 0.6) is 0 Å². The molecule has 0 N–H and O–H groups in total. The van der Waals surface area contributed by atoms with E-state index in [2.05, 4.69) is 0 Å². The van der Waals surface area contributed by atoms with Crippen molar-refractivity contribution >= 4 is 39.1 Å². The van der Waals surface area contributed by atoms with Gasteiger partial charge in [0.25, 0.3) is 0 Å². The van der Waals surface area contributed by atoms with Crippen LogP contribution in [-0.4, -0.2) is 43.7 Å². The summed E-state index contributed by atoms with van der Waals surface area (Å²) in [7, 11) is -1.79. The fourth-order valence-corrected chi connectivity index (χ4v) is 5.54. The number of hydrogen-bond acceptors (Lipinski definition) is 3. The van der Waals surface area contributed by atoms with Crippen molar-refractivity contribution in [3.05, 3.63) is 63.1 Å². The Morgan fingerprint density at radius 3 is 2.30 bits per heavy atom. The molecule has 0 saturated carbocycles. The number of aryl methyl sites for hydroxylation is 2. The van der Waals surface area contributed by atoms with E-state index in [0.717, 1.165) is 16.7 Å². The largest absolute Gasteiger partial charge is 0.341 e. The van der Waals surface area contributed by atoms with Gasteiger partial charge in [0, 0.05) is 32.6 Å². The SMILES string of the molecule is Cc1ccc(S(=O)(=O)N2CCC(C(=O)N(C)Cc3ccc(Cl)c(Cl)c3)CC2)cc1C. The number of hydrogen-bond donors (Lipinski definition) is 0. The molecule has 0 aromatic heterocycles. The Balaban J connectivity index is 1.61. The summed E-state index contributed by atoms with van der Waals surface area (Å²) < 4.78 is 27.4. The van der Waals surface area contributed by atoms with Gasteiger partial charge in [0.1, 0.15) is 0 Å². The van der Waals surface area contributed by atoms with Crippen LogP contribution in [0, 0.1) is 19.8 Å². The summed E-state index contributed by atoms with van der Waals surface area (Å²) in [6.45, 7) is 4.97. The van der Waals surface area contributed by atoms with Gasteiger partial charge >= 0.3 is 0 Å². The zero-order valence-electron chi connectivity index (χ0n) is 17.4. The van der Waals surface area contributed by atoms with Gasteiger partial charge in [-0.15, -0.1) is 0 Å². The molecule has 5 nitrogen and oxygen atoms in total. The zero-order chi connectivity index (χ0) is 22.1. The maximum atomic E-state index is 13.0. The van der Waals surface area contributed by atoms with E-state index in [1.54, 1.807) is 36.2 Å². The van der Waals surface area contributed by atoms with E-state index in [-0.39, 0.29) is 11.8 Å². The number of sulfonamides is 1. The Kier molecular flexibility index (Phi) is 7.13. The van der Waals surface area contributed by atoms with E-state index in [1.807, 2.05) is 26.0 Å². The van der Waals surface area contributed by atoms with Crippen molar-refractivity contribution in [1.82, 2.24) is 9.21 Å². The first-order valence-corrected chi connectivity index (χ1v) is 12.1. The lowest BCUT2D eigenvalue weighted by molar-refractivity contribution is -0.135. The van der Waals surface area contributed by atoms with Crippen LogP contribution in [0.4, 0.5) is 0 Å². The maximum Gasteiger partial charge on any atom is 0.243 e. The highest BCUT2D eigenvalue weighted by Crippen LogP contribution is 2.27. The summed E-state index contributed by atoms with van der Waals surface area (Å²) in [6, 6.07) is 10.5. The molecule has 1 saturated heterocycles. The minimum atomic E-state index is -3.55. The molecule has 0 bridgehead atoms. The molecule has 0 spiro atoms. The van der Waals surface area contributed by atoms with E-state index in [9.17, 15) is 13.2 Å². The minimum absolute atomic E-state index is 0.0179. The normalized spacial score (nSPS) is 15.9. The van der Waals surface area contributed by atoms with Crippen molar-refractivity contribution in [3.8, 4) is 0 Å². The van der Waals surface area contributed by atoms with E-state index in [1.165, 1.54) is 4.31 Å². The van der Waals surface area contributed by atoms with Gasteiger partial charge in [0.15, 0.2) is 0 Å². The molecule has 2 aromatic carbocycles. The van der Waals surface area contributed by atoms with Crippen LogP contribution >= 0.6 is 23.2 Å². The summed E-state index contributed by atoms with van der Waals surface area (Å²) in [4.78, 5) is 14.8. The summed E-state index contributed by atoms with van der Waals surface area (Å²) >= 11 is 12.0. The van der Waals surface area contributed by atoms with Gasteiger partial charge in [-0.2, -0.15) is 4.31 Å². The first-order chi connectivity index (χ1) is 14.1. The summed E-state index contributed by atoms with van der Waals surface area (Å²) in [5.74, 6) is -0.173. The van der Waals surface area contributed by atoms with Gasteiger partial charge in [0.2, 0.25) is 15.9 Å². The summed E-state index contributed by atoms with van der Waals surface area (Å²) in [6.07, 6.45) is 1.02. The fourth-order valence-electron chi connectivity index (χ4n) is 3.67. The molecule has 30 heavy (non-hydrogen) atoms. The van der Waals surface area contributed by atoms with Gasteiger partial charge in [-0.25, -0.2) is 8.42 Å². The molecular weight excluding hydrogens is 443 g/mol. The average molecular weight is 469 g/mol. The molecule has 2 aromatic rings. The third-order valence-corrected chi connectivity index (χ3v) is 8.33. The zero-order valence-corrected chi connectivity index (χ0v) is 19.7. The lowest BCUT2D eigenvalue weighted by atomic mass is 9.96. The Bertz CT molecular complexity index is 1050. The predicted molar refractivity (Wildman–Crippen MR) is 120 cm³/mol. The maximum absolute atomic E-state index is 13.0. The summed E-state index contributed by atoms with van der Waals surface area (Å²) in [5.41, 5.74) is 2.91. The lowest BCUT2D eigenvalue weighted by Crippen LogP contribution is -2.43. The second kappa shape index (κ2) is 9.27. The highest BCUT2D eigenvalue weighted by atomic mass is 35.5. The van der Waals surface area contributed by atoms with Crippen molar-refractivity contribution < 1.29 is 13.2 Å². The Hall–Kier alpha value is -1.60. The molecule has 0 atom stereocenters. The van der Waals surface area contributed by atoms with Gasteiger partial charge in [-0.3, -0.25) is 4.79 Å². The number of halogens is 2. The predicted octanol–water partition coefficient (Wildman–Crippen LogP) is 4.67. The van der Waals surface area contributed by atoms with Gasteiger partial charge < -0.3 is 4.90 Å². The highest BCUT2D eigenvalue weighted by molar-refractivity contribution is 7.89. The van der Waals surface area contributed by atoms with E-state index in [0.29, 0.717) is 47.4 Å². The van der Waals surface area contributed by atoms with Crippen LogP contribution in [0.3, 0.4) is 0 Å². The number of piperidine rings is 1. The quantitative estimate of drug-likeness (QED) is 0.640. The van der Waals surface area contributed by atoms with Crippen molar-refractivity contribution in [2.24, 2.45) is 5.92 Å². The molecule has 3 rings (SSSR count). The Labute approximate surface area is 188 Å².